The summed E-state index contributed by atoms with van der Waals surface area (Å²) in [6, 6.07) is 0.0627. The Morgan fingerprint density at radius 1 is 1.27 bits per heavy atom. The zero-order valence-corrected chi connectivity index (χ0v) is 11.9. The zero-order valence-electron chi connectivity index (χ0n) is 11.9. The number of nitro benzene ring substituents is 2. The molecule has 120 valence electrons. The van der Waals surface area contributed by atoms with Crippen LogP contribution in [-0.4, -0.2) is 21.8 Å². The summed E-state index contributed by atoms with van der Waals surface area (Å²) in [7, 11) is 0. The van der Waals surface area contributed by atoms with Crippen LogP contribution in [-0.2, 0) is 4.79 Å². The van der Waals surface area contributed by atoms with Gasteiger partial charge in [0.05, 0.1) is 22.0 Å². The number of halogens is 1. The Hall–Kier alpha value is -2.62. The Labute approximate surface area is 124 Å². The Bertz CT molecular complexity index is 620. The molecule has 0 aliphatic rings. The van der Waals surface area contributed by atoms with Gasteiger partial charge in [-0.15, -0.1) is 0 Å². The monoisotopic (exact) mass is 314 g/mol. The number of carbonyl (C=O) groups is 1. The number of nitrogens with one attached hydrogen (secondary N) is 1. The second-order valence-corrected chi connectivity index (χ2v) is 5.06. The molecule has 0 bridgehead atoms. The molecular weight excluding hydrogens is 299 g/mol. The smallest absolute Gasteiger partial charge is 0.311 e. The summed E-state index contributed by atoms with van der Waals surface area (Å²) < 4.78 is 13.6. The molecule has 1 rings (SSSR count). The first-order chi connectivity index (χ1) is 10.1. The van der Waals surface area contributed by atoms with Gasteiger partial charge in [-0.25, -0.2) is 0 Å². The maximum Gasteiger partial charge on any atom is 0.311 e. The minimum absolute atomic E-state index is 0.115. The number of hydrogen-bond acceptors (Lipinski definition) is 6. The number of nitrogens with zero attached hydrogens (tertiary/aromatic N) is 2. The molecule has 1 aromatic rings. The summed E-state index contributed by atoms with van der Waals surface area (Å²) in [5, 5.41) is 23.6. The molecule has 0 aliphatic heterocycles. The first-order valence-corrected chi connectivity index (χ1v) is 6.32. The van der Waals surface area contributed by atoms with E-state index in [0.29, 0.717) is 18.6 Å². The van der Waals surface area contributed by atoms with Crippen LogP contribution < -0.4 is 11.1 Å². The summed E-state index contributed by atoms with van der Waals surface area (Å²) >= 11 is 0. The third kappa shape index (κ3) is 4.19. The Morgan fingerprint density at radius 2 is 1.82 bits per heavy atom. The van der Waals surface area contributed by atoms with E-state index >= 15 is 0 Å². The molecule has 0 heterocycles. The molecule has 0 spiro atoms. The van der Waals surface area contributed by atoms with Crippen LogP contribution in [0.1, 0.15) is 20.3 Å². The lowest BCUT2D eigenvalue weighted by molar-refractivity contribution is -0.395. The highest BCUT2D eigenvalue weighted by atomic mass is 19.1. The van der Waals surface area contributed by atoms with Crippen LogP contribution in [0.4, 0.5) is 21.5 Å². The number of carbonyl (C=O) groups excluding carboxylic acids is 1. The van der Waals surface area contributed by atoms with Gasteiger partial charge in [-0.1, -0.05) is 13.8 Å². The SMILES string of the molecule is CC(C)C[C@@H](N)C(=O)Nc1cc(F)c([N+](=O)[O-])cc1[N+](=O)[O-]. The van der Waals surface area contributed by atoms with Crippen LogP contribution in [0, 0.1) is 32.0 Å². The lowest BCUT2D eigenvalue weighted by Crippen LogP contribution is -2.36. The molecule has 0 unspecified atom stereocenters. The number of benzene rings is 1. The molecule has 0 saturated carbocycles. The maximum absolute atomic E-state index is 13.6. The van der Waals surface area contributed by atoms with Crippen molar-refractivity contribution in [1.29, 1.82) is 0 Å². The van der Waals surface area contributed by atoms with Crippen molar-refractivity contribution in [3.8, 4) is 0 Å². The Morgan fingerprint density at radius 3 is 2.27 bits per heavy atom. The molecule has 0 radical (unpaired) electrons. The fourth-order valence-electron chi connectivity index (χ4n) is 1.78. The molecule has 1 aromatic carbocycles. The molecule has 1 atom stereocenters. The number of nitrogens with two attached hydrogens (primary N) is 1. The van der Waals surface area contributed by atoms with Crippen LogP contribution in [0.5, 0.6) is 0 Å². The van der Waals surface area contributed by atoms with Gasteiger partial charge in [0.1, 0.15) is 5.69 Å². The number of amides is 1. The molecule has 0 fully saturated rings. The molecule has 3 N–H and O–H groups in total. The summed E-state index contributed by atoms with van der Waals surface area (Å²) in [5.41, 5.74) is 3.33. The fraction of sp³-hybridized carbons (Fsp3) is 0.417. The van der Waals surface area contributed by atoms with E-state index in [4.69, 9.17) is 5.73 Å². The topological polar surface area (TPSA) is 141 Å². The van der Waals surface area contributed by atoms with Crippen molar-refractivity contribution in [1.82, 2.24) is 0 Å². The number of nitro groups is 2. The van der Waals surface area contributed by atoms with Crippen LogP contribution in [0.15, 0.2) is 12.1 Å². The molecule has 0 saturated heterocycles. The van der Waals surface area contributed by atoms with Gasteiger partial charge in [-0.05, 0) is 12.3 Å². The molecule has 10 heteroatoms. The summed E-state index contributed by atoms with van der Waals surface area (Å²) in [6.45, 7) is 3.67. The van der Waals surface area contributed by atoms with Crippen molar-refractivity contribution in [2.45, 2.75) is 26.3 Å². The van der Waals surface area contributed by atoms with Gasteiger partial charge in [-0.2, -0.15) is 4.39 Å². The van der Waals surface area contributed by atoms with Crippen molar-refractivity contribution < 1.29 is 19.0 Å². The van der Waals surface area contributed by atoms with E-state index in [1.165, 1.54) is 0 Å². The van der Waals surface area contributed by atoms with E-state index in [9.17, 15) is 29.4 Å². The van der Waals surface area contributed by atoms with Crippen LogP contribution in [0.2, 0.25) is 0 Å². The highest BCUT2D eigenvalue weighted by Crippen LogP contribution is 2.31. The molecule has 9 nitrogen and oxygen atoms in total. The fourth-order valence-corrected chi connectivity index (χ4v) is 1.78. The van der Waals surface area contributed by atoms with E-state index in [2.05, 4.69) is 5.32 Å². The standard InChI is InChI=1S/C12H15FN4O5/c1-6(2)3-8(14)12(18)15-9-4-7(13)10(16(19)20)5-11(9)17(21)22/h4-6,8H,3,14H2,1-2H3,(H,15,18)/t8-/m1/s1. The number of hydrogen-bond donors (Lipinski definition) is 2. The third-order valence-corrected chi connectivity index (χ3v) is 2.78. The highest BCUT2D eigenvalue weighted by molar-refractivity contribution is 5.96. The van der Waals surface area contributed by atoms with Crippen LogP contribution in [0.25, 0.3) is 0 Å². The van der Waals surface area contributed by atoms with Gasteiger partial charge in [0.15, 0.2) is 0 Å². The summed E-state index contributed by atoms with van der Waals surface area (Å²) in [5.74, 6) is -1.90. The average molecular weight is 314 g/mol. The largest absolute Gasteiger partial charge is 0.320 e. The minimum atomic E-state index is -1.29. The van der Waals surface area contributed by atoms with E-state index < -0.39 is 44.7 Å². The van der Waals surface area contributed by atoms with E-state index in [-0.39, 0.29) is 5.92 Å². The highest BCUT2D eigenvalue weighted by Gasteiger charge is 2.27. The lowest BCUT2D eigenvalue weighted by atomic mass is 10.0. The predicted molar refractivity (Wildman–Crippen MR) is 75.8 cm³/mol. The van der Waals surface area contributed by atoms with Crippen molar-refractivity contribution in [3.05, 3.63) is 38.2 Å². The van der Waals surface area contributed by atoms with Gasteiger partial charge in [0, 0.05) is 6.07 Å². The first-order valence-electron chi connectivity index (χ1n) is 6.32. The second-order valence-electron chi connectivity index (χ2n) is 5.06. The van der Waals surface area contributed by atoms with Crippen molar-refractivity contribution in [2.24, 2.45) is 11.7 Å². The van der Waals surface area contributed by atoms with Crippen molar-refractivity contribution in [3.63, 3.8) is 0 Å². The average Bonchev–Trinajstić information content (AvgIpc) is 2.36. The van der Waals surface area contributed by atoms with E-state index in [0.717, 1.165) is 0 Å². The lowest BCUT2D eigenvalue weighted by Gasteiger charge is -2.14. The zero-order chi connectivity index (χ0) is 17.0. The number of anilines is 1. The van der Waals surface area contributed by atoms with Gasteiger partial charge in [0.2, 0.25) is 11.7 Å². The molecule has 0 aliphatic carbocycles. The Balaban J connectivity index is 3.13. The van der Waals surface area contributed by atoms with E-state index in [1.54, 1.807) is 0 Å². The third-order valence-electron chi connectivity index (χ3n) is 2.78. The van der Waals surface area contributed by atoms with E-state index in [1.807, 2.05) is 13.8 Å². The molecule has 0 aromatic heterocycles. The maximum atomic E-state index is 13.6. The molecular formula is C12H15FN4O5. The van der Waals surface area contributed by atoms with Gasteiger partial charge in [-0.3, -0.25) is 25.0 Å². The summed E-state index contributed by atoms with van der Waals surface area (Å²) in [4.78, 5) is 31.3. The van der Waals surface area contributed by atoms with Gasteiger partial charge in [0.25, 0.3) is 5.69 Å². The minimum Gasteiger partial charge on any atom is -0.320 e. The Kier molecular flexibility index (Phi) is 5.46. The predicted octanol–water partition coefficient (Wildman–Crippen LogP) is 1.95. The molecule has 22 heavy (non-hydrogen) atoms. The van der Waals surface area contributed by atoms with Crippen molar-refractivity contribution >= 4 is 23.0 Å². The van der Waals surface area contributed by atoms with Crippen LogP contribution in [0.3, 0.4) is 0 Å². The van der Waals surface area contributed by atoms with Crippen LogP contribution >= 0.6 is 0 Å². The quantitative estimate of drug-likeness (QED) is 0.607. The number of rotatable bonds is 6. The van der Waals surface area contributed by atoms with Crippen molar-refractivity contribution in [2.75, 3.05) is 5.32 Å². The van der Waals surface area contributed by atoms with Gasteiger partial charge < -0.3 is 11.1 Å². The summed E-state index contributed by atoms with van der Waals surface area (Å²) in [6.07, 6.45) is 0.328. The second kappa shape index (κ2) is 6.89. The normalized spacial score (nSPS) is 12.0. The molecule has 1 amide bonds. The first kappa shape index (κ1) is 17.4. The van der Waals surface area contributed by atoms with Gasteiger partial charge >= 0.3 is 5.69 Å².